The second kappa shape index (κ2) is 5.09. The molecule has 20 heavy (non-hydrogen) atoms. The van der Waals surface area contributed by atoms with Crippen molar-refractivity contribution in [3.8, 4) is 5.75 Å². The Morgan fingerprint density at radius 3 is 2.65 bits per heavy atom. The van der Waals surface area contributed by atoms with Gasteiger partial charge in [0.1, 0.15) is 5.75 Å². The van der Waals surface area contributed by atoms with Gasteiger partial charge in [-0.25, -0.2) is 0 Å². The molecule has 0 amide bonds. The van der Waals surface area contributed by atoms with Crippen molar-refractivity contribution in [1.29, 1.82) is 0 Å². The van der Waals surface area contributed by atoms with Gasteiger partial charge in [0.25, 0.3) is 0 Å². The Kier molecular flexibility index (Phi) is 3.55. The van der Waals surface area contributed by atoms with Crippen LogP contribution in [0.5, 0.6) is 5.75 Å². The van der Waals surface area contributed by atoms with Crippen LogP contribution >= 0.6 is 27.5 Å². The van der Waals surface area contributed by atoms with Gasteiger partial charge in [-0.2, -0.15) is 0 Å². The molecule has 1 unspecified atom stereocenters. The van der Waals surface area contributed by atoms with Gasteiger partial charge in [-0.1, -0.05) is 48.0 Å². The van der Waals surface area contributed by atoms with E-state index in [1.807, 2.05) is 18.2 Å². The first kappa shape index (κ1) is 14.0. The average Bonchev–Trinajstić information content (AvgIpc) is 2.73. The third-order valence-corrected chi connectivity index (χ3v) is 4.75. The van der Waals surface area contributed by atoms with Crippen molar-refractivity contribution in [2.75, 3.05) is 6.61 Å². The molecule has 2 aromatic carbocycles. The third-order valence-electron chi connectivity index (χ3n) is 3.76. The number of hydrogen-bond donors (Lipinski definition) is 0. The van der Waals surface area contributed by atoms with Gasteiger partial charge in [0, 0.05) is 15.5 Å². The summed E-state index contributed by atoms with van der Waals surface area (Å²) < 4.78 is 6.77. The number of hydrogen-bond acceptors (Lipinski definition) is 1. The zero-order valence-electron chi connectivity index (χ0n) is 11.5. The van der Waals surface area contributed by atoms with Crippen LogP contribution in [0.2, 0.25) is 0 Å². The van der Waals surface area contributed by atoms with Gasteiger partial charge >= 0.3 is 0 Å². The molecule has 3 heteroatoms. The van der Waals surface area contributed by atoms with Gasteiger partial charge in [-0.15, -0.1) is 11.6 Å². The second-order valence-electron chi connectivity index (χ2n) is 5.85. The maximum Gasteiger partial charge on any atom is 0.123 e. The van der Waals surface area contributed by atoms with E-state index in [1.165, 1.54) is 5.56 Å². The molecule has 1 aliphatic heterocycles. The monoisotopic (exact) mass is 350 g/mol. The van der Waals surface area contributed by atoms with E-state index in [9.17, 15) is 0 Å². The summed E-state index contributed by atoms with van der Waals surface area (Å²) in [5.74, 6) is 0.983. The predicted molar refractivity (Wildman–Crippen MR) is 86.8 cm³/mol. The first-order valence-corrected chi connectivity index (χ1v) is 7.87. The molecular formula is C17H16BrClO. The van der Waals surface area contributed by atoms with E-state index in [2.05, 4.69) is 54.0 Å². The molecule has 0 aromatic heterocycles. The molecule has 104 valence electrons. The summed E-state index contributed by atoms with van der Waals surface area (Å²) in [6.07, 6.45) is 0. The second-order valence-corrected chi connectivity index (χ2v) is 7.20. The summed E-state index contributed by atoms with van der Waals surface area (Å²) in [4.78, 5) is 0. The van der Waals surface area contributed by atoms with E-state index in [1.54, 1.807) is 0 Å². The van der Waals surface area contributed by atoms with Crippen LogP contribution in [0.15, 0.2) is 46.9 Å². The Balaban J connectivity index is 1.99. The number of alkyl halides is 1. The van der Waals surface area contributed by atoms with Gasteiger partial charge in [0.15, 0.2) is 0 Å². The first-order valence-electron chi connectivity index (χ1n) is 6.64. The lowest BCUT2D eigenvalue weighted by Gasteiger charge is -2.17. The van der Waals surface area contributed by atoms with Crippen molar-refractivity contribution in [1.82, 2.24) is 0 Å². The summed E-state index contributed by atoms with van der Waals surface area (Å²) in [7, 11) is 0. The van der Waals surface area contributed by atoms with Crippen molar-refractivity contribution in [2.24, 2.45) is 0 Å². The standard InChI is InChI=1S/C17H16BrClO/c1-17(2)10-20-15-7-6-12(9-14(15)17)16(19)11-4-3-5-13(18)8-11/h3-9,16H,10H2,1-2H3. The Morgan fingerprint density at radius 1 is 1.15 bits per heavy atom. The molecule has 2 aromatic rings. The Labute approximate surface area is 133 Å². The van der Waals surface area contributed by atoms with E-state index < -0.39 is 0 Å². The zero-order valence-corrected chi connectivity index (χ0v) is 13.8. The van der Waals surface area contributed by atoms with Crippen molar-refractivity contribution >= 4 is 27.5 Å². The van der Waals surface area contributed by atoms with Crippen LogP contribution < -0.4 is 4.74 Å². The first-order chi connectivity index (χ1) is 9.47. The summed E-state index contributed by atoms with van der Waals surface area (Å²) in [5.41, 5.74) is 3.51. The van der Waals surface area contributed by atoms with Crippen LogP contribution in [0, 0.1) is 0 Å². The molecule has 3 rings (SSSR count). The highest BCUT2D eigenvalue weighted by Gasteiger charge is 2.32. The molecule has 0 N–H and O–H groups in total. The van der Waals surface area contributed by atoms with E-state index in [-0.39, 0.29) is 10.8 Å². The number of benzene rings is 2. The predicted octanol–water partition coefficient (Wildman–Crippen LogP) is 5.45. The van der Waals surface area contributed by atoms with Crippen LogP contribution in [-0.4, -0.2) is 6.61 Å². The van der Waals surface area contributed by atoms with Crippen LogP contribution in [0.3, 0.4) is 0 Å². The number of rotatable bonds is 2. The van der Waals surface area contributed by atoms with Crippen LogP contribution in [0.25, 0.3) is 0 Å². The highest BCUT2D eigenvalue weighted by atomic mass is 79.9. The minimum Gasteiger partial charge on any atom is -0.492 e. The Bertz CT molecular complexity index is 651. The normalized spacial score (nSPS) is 17.4. The van der Waals surface area contributed by atoms with Gasteiger partial charge < -0.3 is 4.74 Å². The maximum absolute atomic E-state index is 6.64. The fourth-order valence-corrected chi connectivity index (χ4v) is 3.24. The quantitative estimate of drug-likeness (QED) is 0.654. The van der Waals surface area contributed by atoms with E-state index in [0.717, 1.165) is 28.0 Å². The third kappa shape index (κ3) is 2.47. The van der Waals surface area contributed by atoms with E-state index in [0.29, 0.717) is 0 Å². The highest BCUT2D eigenvalue weighted by Crippen LogP contribution is 2.41. The van der Waals surface area contributed by atoms with Crippen molar-refractivity contribution in [3.63, 3.8) is 0 Å². The highest BCUT2D eigenvalue weighted by molar-refractivity contribution is 9.10. The van der Waals surface area contributed by atoms with Crippen LogP contribution in [-0.2, 0) is 5.41 Å². The molecule has 0 radical (unpaired) electrons. The zero-order chi connectivity index (χ0) is 14.3. The summed E-state index contributed by atoms with van der Waals surface area (Å²) in [6.45, 7) is 5.13. The van der Waals surface area contributed by atoms with Gasteiger partial charge in [0.05, 0.1) is 12.0 Å². The smallest absolute Gasteiger partial charge is 0.123 e. The fraction of sp³-hybridized carbons (Fsp3) is 0.294. The molecule has 0 spiro atoms. The Morgan fingerprint density at radius 2 is 1.90 bits per heavy atom. The van der Waals surface area contributed by atoms with Crippen LogP contribution in [0.4, 0.5) is 0 Å². The molecule has 0 bridgehead atoms. The van der Waals surface area contributed by atoms with E-state index in [4.69, 9.17) is 16.3 Å². The van der Waals surface area contributed by atoms with E-state index >= 15 is 0 Å². The summed E-state index contributed by atoms with van der Waals surface area (Å²) in [5, 5.41) is -0.144. The molecule has 0 aliphatic carbocycles. The molecule has 1 atom stereocenters. The van der Waals surface area contributed by atoms with Crippen molar-refractivity contribution in [3.05, 3.63) is 63.6 Å². The van der Waals surface area contributed by atoms with Gasteiger partial charge in [-0.3, -0.25) is 0 Å². The van der Waals surface area contributed by atoms with Gasteiger partial charge in [0.2, 0.25) is 0 Å². The Hall–Kier alpha value is -0.990. The maximum atomic E-state index is 6.64. The number of halogens is 2. The fourth-order valence-electron chi connectivity index (χ4n) is 2.55. The SMILES string of the molecule is CC1(C)COc2ccc(C(Cl)c3cccc(Br)c3)cc21. The lowest BCUT2D eigenvalue weighted by molar-refractivity contribution is 0.291. The van der Waals surface area contributed by atoms with Crippen LogP contribution in [0.1, 0.15) is 35.9 Å². The van der Waals surface area contributed by atoms with Gasteiger partial charge in [-0.05, 0) is 35.4 Å². The molecule has 1 heterocycles. The minimum atomic E-state index is -0.144. The van der Waals surface area contributed by atoms with Crippen molar-refractivity contribution in [2.45, 2.75) is 24.6 Å². The largest absolute Gasteiger partial charge is 0.492 e. The topological polar surface area (TPSA) is 9.23 Å². The number of fused-ring (bicyclic) bond motifs is 1. The lowest BCUT2D eigenvalue weighted by atomic mass is 9.85. The molecule has 1 aliphatic rings. The molecular weight excluding hydrogens is 336 g/mol. The molecule has 0 saturated carbocycles. The molecule has 0 saturated heterocycles. The van der Waals surface area contributed by atoms with Crippen molar-refractivity contribution < 1.29 is 4.74 Å². The minimum absolute atomic E-state index is 0.0548. The molecule has 1 nitrogen and oxygen atoms in total. The summed E-state index contributed by atoms with van der Waals surface area (Å²) in [6, 6.07) is 14.4. The molecule has 0 fully saturated rings. The lowest BCUT2D eigenvalue weighted by Crippen LogP contribution is -2.18. The average molecular weight is 352 g/mol. The number of ether oxygens (including phenoxy) is 1. The summed E-state index contributed by atoms with van der Waals surface area (Å²) >= 11 is 10.1.